The number of nitrogens with zero attached hydrogens (tertiary/aromatic N) is 1. The highest BCUT2D eigenvalue weighted by molar-refractivity contribution is 6.30. The second kappa shape index (κ2) is 11.4. The fourth-order valence-electron chi connectivity index (χ4n) is 5.31. The quantitative estimate of drug-likeness (QED) is 0.310. The fraction of sp³-hybridized carbons (Fsp3) is 0.500. The Hall–Kier alpha value is -2.34. The summed E-state index contributed by atoms with van der Waals surface area (Å²) >= 11 is 5.99. The normalized spacial score (nSPS) is 18.3. The number of hydrogen-bond acceptors (Lipinski definition) is 5. The van der Waals surface area contributed by atoms with E-state index < -0.39 is 5.60 Å². The van der Waals surface area contributed by atoms with Gasteiger partial charge in [-0.15, -0.1) is 0 Å². The summed E-state index contributed by atoms with van der Waals surface area (Å²) in [6.07, 6.45) is 9.37. The van der Waals surface area contributed by atoms with Crippen molar-refractivity contribution in [3.63, 3.8) is 0 Å². The van der Waals surface area contributed by atoms with Crippen LogP contribution in [0.2, 0.25) is 5.02 Å². The van der Waals surface area contributed by atoms with Gasteiger partial charge in [0.25, 0.3) is 0 Å². The molecule has 6 heteroatoms. The van der Waals surface area contributed by atoms with Gasteiger partial charge in [0, 0.05) is 30.1 Å². The SMILES string of the molecule is O=c1cc(C2CCC2)oc2ccc(OCCCCCCN3CCC(O)(c4ccc(Cl)cc4)CC3)cc12. The molecular weight excluding hydrogens is 474 g/mol. The molecule has 1 N–H and O–H groups in total. The average molecular weight is 510 g/mol. The molecule has 1 saturated carbocycles. The average Bonchev–Trinajstić information content (AvgIpc) is 2.84. The first-order valence-electron chi connectivity index (χ1n) is 13.4. The van der Waals surface area contributed by atoms with Crippen LogP contribution >= 0.6 is 11.6 Å². The first-order valence-corrected chi connectivity index (χ1v) is 13.8. The molecule has 2 heterocycles. The predicted octanol–water partition coefficient (Wildman–Crippen LogP) is 6.64. The van der Waals surface area contributed by atoms with Crippen LogP contribution in [-0.2, 0) is 5.60 Å². The molecular formula is C30H36ClNO4. The van der Waals surface area contributed by atoms with Gasteiger partial charge in [-0.1, -0.05) is 43.0 Å². The third kappa shape index (κ3) is 5.96. The first kappa shape index (κ1) is 25.3. The van der Waals surface area contributed by atoms with Crippen LogP contribution in [0.25, 0.3) is 11.0 Å². The van der Waals surface area contributed by atoms with Crippen LogP contribution in [0, 0.1) is 0 Å². The molecule has 1 aliphatic carbocycles. The highest BCUT2D eigenvalue weighted by atomic mass is 35.5. The Labute approximate surface area is 218 Å². The summed E-state index contributed by atoms with van der Waals surface area (Å²) in [6.45, 7) is 3.55. The van der Waals surface area contributed by atoms with Crippen molar-refractivity contribution in [2.45, 2.75) is 69.3 Å². The molecule has 0 amide bonds. The molecule has 0 bridgehead atoms. The van der Waals surface area contributed by atoms with E-state index in [2.05, 4.69) is 4.90 Å². The number of hydrogen-bond donors (Lipinski definition) is 1. The Morgan fingerprint density at radius 1 is 1.00 bits per heavy atom. The highest BCUT2D eigenvalue weighted by Crippen LogP contribution is 2.37. The van der Waals surface area contributed by atoms with Crippen LogP contribution in [0.5, 0.6) is 5.75 Å². The van der Waals surface area contributed by atoms with E-state index in [9.17, 15) is 9.90 Å². The minimum atomic E-state index is -0.735. The largest absolute Gasteiger partial charge is 0.494 e. The van der Waals surface area contributed by atoms with Crippen LogP contribution in [0.4, 0.5) is 0 Å². The van der Waals surface area contributed by atoms with Crippen LogP contribution in [0.15, 0.2) is 57.7 Å². The summed E-state index contributed by atoms with van der Waals surface area (Å²) in [5.74, 6) is 1.97. The van der Waals surface area contributed by atoms with Crippen molar-refractivity contribution in [1.82, 2.24) is 4.90 Å². The Morgan fingerprint density at radius 3 is 2.47 bits per heavy atom. The van der Waals surface area contributed by atoms with Crippen LogP contribution < -0.4 is 10.2 Å². The first-order chi connectivity index (χ1) is 17.5. The van der Waals surface area contributed by atoms with E-state index >= 15 is 0 Å². The third-order valence-corrected chi connectivity index (χ3v) is 8.18. The molecule has 1 aromatic heterocycles. The summed E-state index contributed by atoms with van der Waals surface area (Å²) in [5.41, 5.74) is 0.910. The highest BCUT2D eigenvalue weighted by Gasteiger charge is 2.33. The number of ether oxygens (including phenoxy) is 1. The minimum Gasteiger partial charge on any atom is -0.494 e. The van der Waals surface area contributed by atoms with E-state index in [0.717, 1.165) is 88.1 Å². The van der Waals surface area contributed by atoms with Gasteiger partial charge in [0.1, 0.15) is 17.1 Å². The maximum Gasteiger partial charge on any atom is 0.193 e. The number of aliphatic hydroxyl groups is 1. The Morgan fingerprint density at radius 2 is 1.75 bits per heavy atom. The van der Waals surface area contributed by atoms with Gasteiger partial charge >= 0.3 is 0 Å². The van der Waals surface area contributed by atoms with E-state index in [4.69, 9.17) is 20.8 Å². The van der Waals surface area contributed by atoms with Crippen molar-refractivity contribution in [3.05, 3.63) is 75.1 Å². The predicted molar refractivity (Wildman–Crippen MR) is 144 cm³/mol. The Kier molecular flexibility index (Phi) is 8.00. The van der Waals surface area contributed by atoms with E-state index in [1.807, 2.05) is 42.5 Å². The molecule has 2 aromatic carbocycles. The standard InChI is InChI=1S/C30H36ClNO4/c31-24-10-8-23(9-11-24)30(34)14-17-32(18-15-30)16-3-1-2-4-19-35-25-12-13-28-26(20-25)27(33)21-29(36-28)22-6-5-7-22/h8-13,20-22,34H,1-7,14-19H2. The minimum absolute atomic E-state index is 0.0212. The van der Waals surface area contributed by atoms with Crippen LogP contribution in [0.1, 0.15) is 75.0 Å². The number of fused-ring (bicyclic) bond motifs is 1. The fourth-order valence-corrected chi connectivity index (χ4v) is 5.44. The molecule has 0 spiro atoms. The second-order valence-corrected chi connectivity index (χ2v) is 10.9. The summed E-state index contributed by atoms with van der Waals surface area (Å²) in [7, 11) is 0. The van der Waals surface area contributed by atoms with Crippen LogP contribution in [-0.4, -0.2) is 36.2 Å². The third-order valence-electron chi connectivity index (χ3n) is 7.93. The van der Waals surface area contributed by atoms with Crippen molar-refractivity contribution in [2.75, 3.05) is 26.2 Å². The van der Waals surface area contributed by atoms with Gasteiger partial charge in [0.2, 0.25) is 0 Å². The monoisotopic (exact) mass is 509 g/mol. The molecule has 36 heavy (non-hydrogen) atoms. The molecule has 1 saturated heterocycles. The molecule has 5 rings (SSSR count). The number of likely N-dealkylation sites (tertiary alicyclic amines) is 1. The van der Waals surface area contributed by atoms with Gasteiger partial charge < -0.3 is 19.2 Å². The van der Waals surface area contributed by atoms with Crippen LogP contribution in [0.3, 0.4) is 0 Å². The van der Waals surface area contributed by atoms with Gasteiger partial charge in [-0.2, -0.15) is 0 Å². The molecule has 3 aromatic rings. The molecule has 0 atom stereocenters. The topological polar surface area (TPSA) is 62.9 Å². The van der Waals surface area contributed by atoms with E-state index in [1.54, 1.807) is 6.07 Å². The number of rotatable bonds is 10. The molecule has 1 aliphatic heterocycles. The zero-order valence-corrected chi connectivity index (χ0v) is 21.6. The number of unbranched alkanes of at least 4 members (excludes halogenated alkanes) is 3. The lowest BCUT2D eigenvalue weighted by Crippen LogP contribution is -2.42. The molecule has 5 nitrogen and oxygen atoms in total. The summed E-state index contributed by atoms with van der Waals surface area (Å²) in [4.78, 5) is 15.0. The zero-order chi connectivity index (χ0) is 25.0. The molecule has 0 radical (unpaired) electrons. The maximum absolute atomic E-state index is 12.6. The lowest BCUT2D eigenvalue weighted by Gasteiger charge is -2.38. The number of halogens is 1. The van der Waals surface area contributed by atoms with Crippen molar-refractivity contribution in [3.8, 4) is 5.75 Å². The lowest BCUT2D eigenvalue weighted by molar-refractivity contribution is -0.0261. The second-order valence-electron chi connectivity index (χ2n) is 10.4. The molecule has 2 aliphatic rings. The summed E-state index contributed by atoms with van der Waals surface area (Å²) in [6, 6.07) is 14.8. The van der Waals surface area contributed by atoms with E-state index in [0.29, 0.717) is 28.5 Å². The smallest absolute Gasteiger partial charge is 0.193 e. The van der Waals surface area contributed by atoms with Gasteiger partial charge in [-0.05, 0) is 81.0 Å². The van der Waals surface area contributed by atoms with E-state index in [1.165, 1.54) is 6.42 Å². The Bertz CT molecular complexity index is 1210. The molecule has 192 valence electrons. The van der Waals surface area contributed by atoms with Gasteiger partial charge in [-0.3, -0.25) is 4.79 Å². The molecule has 2 fully saturated rings. The van der Waals surface area contributed by atoms with Crippen molar-refractivity contribution in [1.29, 1.82) is 0 Å². The summed E-state index contributed by atoms with van der Waals surface area (Å²) in [5, 5.41) is 12.3. The Balaban J connectivity index is 0.989. The van der Waals surface area contributed by atoms with Crippen molar-refractivity contribution in [2.24, 2.45) is 0 Å². The summed E-state index contributed by atoms with van der Waals surface area (Å²) < 4.78 is 11.9. The number of piperidine rings is 1. The maximum atomic E-state index is 12.6. The zero-order valence-electron chi connectivity index (χ0n) is 20.9. The lowest BCUT2D eigenvalue weighted by atomic mass is 9.83. The van der Waals surface area contributed by atoms with Crippen molar-refractivity contribution >= 4 is 22.6 Å². The number of benzene rings is 2. The van der Waals surface area contributed by atoms with Gasteiger partial charge in [0.05, 0.1) is 17.6 Å². The van der Waals surface area contributed by atoms with Gasteiger partial charge in [-0.25, -0.2) is 0 Å². The van der Waals surface area contributed by atoms with E-state index in [-0.39, 0.29) is 5.43 Å². The van der Waals surface area contributed by atoms with Crippen molar-refractivity contribution < 1.29 is 14.3 Å². The molecule has 0 unspecified atom stereocenters. The van der Waals surface area contributed by atoms with Gasteiger partial charge in [0.15, 0.2) is 5.43 Å².